The normalized spacial score (nSPS) is 24.9. The summed E-state index contributed by atoms with van der Waals surface area (Å²) in [6.07, 6.45) is 3.43. The summed E-state index contributed by atoms with van der Waals surface area (Å²) in [6.45, 7) is 0.0257. The van der Waals surface area contributed by atoms with Gasteiger partial charge in [-0.25, -0.2) is 0 Å². The second kappa shape index (κ2) is 5.84. The van der Waals surface area contributed by atoms with Crippen LogP contribution >= 0.6 is 0 Å². The molecule has 2 N–H and O–H groups in total. The maximum Gasteiger partial charge on any atom is 0.325 e. The smallest absolute Gasteiger partial charge is 0.325 e. The molecule has 1 fully saturated rings. The molecule has 1 aliphatic carbocycles. The quantitative estimate of drug-likeness (QED) is 0.697. The topological polar surface area (TPSA) is 72.6 Å². The van der Waals surface area contributed by atoms with Crippen LogP contribution in [0.4, 0.5) is 0 Å². The first-order valence-corrected chi connectivity index (χ1v) is 5.62. The minimum absolute atomic E-state index is 0.0226. The number of carbonyl (C=O) groups is 2. The number of esters is 1. The number of nitrogens with two attached hydrogens (primary N) is 1. The van der Waals surface area contributed by atoms with Gasteiger partial charge < -0.3 is 15.4 Å². The molecule has 5 heteroatoms. The van der Waals surface area contributed by atoms with E-state index in [-0.39, 0.29) is 30.4 Å². The van der Waals surface area contributed by atoms with Crippen LogP contribution in [0.25, 0.3) is 0 Å². The van der Waals surface area contributed by atoms with Crippen molar-refractivity contribution in [2.45, 2.75) is 31.7 Å². The lowest BCUT2D eigenvalue weighted by Crippen LogP contribution is -2.39. The second-order valence-electron chi connectivity index (χ2n) is 4.38. The van der Waals surface area contributed by atoms with Gasteiger partial charge in [-0.1, -0.05) is 0 Å². The van der Waals surface area contributed by atoms with E-state index >= 15 is 0 Å². The first-order chi connectivity index (χ1) is 7.54. The molecule has 0 unspecified atom stereocenters. The molecule has 0 atom stereocenters. The molecule has 0 aromatic heterocycles. The van der Waals surface area contributed by atoms with Gasteiger partial charge in [0.1, 0.15) is 6.54 Å². The van der Waals surface area contributed by atoms with Crippen LogP contribution in [0.3, 0.4) is 0 Å². The monoisotopic (exact) mass is 228 g/mol. The minimum Gasteiger partial charge on any atom is -0.468 e. The second-order valence-corrected chi connectivity index (χ2v) is 4.38. The van der Waals surface area contributed by atoms with Crippen molar-refractivity contribution < 1.29 is 14.3 Å². The molecule has 5 nitrogen and oxygen atoms in total. The standard InChI is InChI=1S/C11H20N2O3/c1-13(7-10(14)16-2)11(15)8-3-5-9(12)6-4-8/h8-9H,3-7,12H2,1-2H3. The van der Waals surface area contributed by atoms with E-state index in [4.69, 9.17) is 5.73 Å². The molecule has 1 aliphatic rings. The van der Waals surface area contributed by atoms with E-state index in [1.807, 2.05) is 0 Å². The van der Waals surface area contributed by atoms with E-state index in [9.17, 15) is 9.59 Å². The Bertz CT molecular complexity index is 260. The highest BCUT2D eigenvalue weighted by atomic mass is 16.5. The molecular formula is C11H20N2O3. The number of likely N-dealkylation sites (N-methyl/N-ethyl adjacent to an activating group) is 1. The highest BCUT2D eigenvalue weighted by Crippen LogP contribution is 2.24. The van der Waals surface area contributed by atoms with E-state index in [1.54, 1.807) is 7.05 Å². The van der Waals surface area contributed by atoms with Gasteiger partial charge in [-0.05, 0) is 25.7 Å². The summed E-state index contributed by atoms with van der Waals surface area (Å²) < 4.78 is 4.52. The largest absolute Gasteiger partial charge is 0.468 e. The van der Waals surface area contributed by atoms with Crippen LogP contribution in [0.15, 0.2) is 0 Å². The Morgan fingerprint density at radius 2 is 1.88 bits per heavy atom. The third-order valence-corrected chi connectivity index (χ3v) is 3.09. The van der Waals surface area contributed by atoms with Gasteiger partial charge in [0.2, 0.25) is 5.91 Å². The summed E-state index contributed by atoms with van der Waals surface area (Å²) in [5, 5.41) is 0. The Hall–Kier alpha value is -1.10. The summed E-state index contributed by atoms with van der Waals surface area (Å²) in [5.41, 5.74) is 5.78. The van der Waals surface area contributed by atoms with Gasteiger partial charge in [0, 0.05) is 19.0 Å². The van der Waals surface area contributed by atoms with E-state index in [0.29, 0.717) is 0 Å². The van der Waals surface area contributed by atoms with E-state index < -0.39 is 0 Å². The van der Waals surface area contributed by atoms with Crippen molar-refractivity contribution in [2.24, 2.45) is 11.7 Å². The van der Waals surface area contributed by atoms with Crippen molar-refractivity contribution in [3.8, 4) is 0 Å². The zero-order chi connectivity index (χ0) is 12.1. The molecule has 1 rings (SSSR count). The first-order valence-electron chi connectivity index (χ1n) is 5.62. The number of ether oxygens (including phenoxy) is 1. The molecule has 0 aliphatic heterocycles. The third kappa shape index (κ3) is 3.48. The number of nitrogens with zero attached hydrogens (tertiary/aromatic N) is 1. The van der Waals surface area contributed by atoms with Crippen LogP contribution in [0.2, 0.25) is 0 Å². The Labute approximate surface area is 95.9 Å². The predicted octanol–water partition coefficient (Wildman–Crippen LogP) is 0.135. The zero-order valence-corrected chi connectivity index (χ0v) is 9.94. The SMILES string of the molecule is COC(=O)CN(C)C(=O)C1CCC(N)CC1. The molecule has 0 aromatic carbocycles. The van der Waals surface area contributed by atoms with Gasteiger partial charge in [-0.3, -0.25) is 9.59 Å². The number of hydrogen-bond acceptors (Lipinski definition) is 4. The number of methoxy groups -OCH3 is 1. The molecule has 1 saturated carbocycles. The minimum atomic E-state index is -0.386. The molecule has 0 saturated heterocycles. The lowest BCUT2D eigenvalue weighted by molar-refractivity contribution is -0.147. The molecule has 0 radical (unpaired) electrons. The fourth-order valence-corrected chi connectivity index (χ4v) is 2.01. The van der Waals surface area contributed by atoms with Crippen LogP contribution in [-0.2, 0) is 14.3 Å². The summed E-state index contributed by atoms with van der Waals surface area (Å²) in [4.78, 5) is 24.4. The van der Waals surface area contributed by atoms with Crippen molar-refractivity contribution in [1.82, 2.24) is 4.90 Å². The highest BCUT2D eigenvalue weighted by Gasteiger charge is 2.27. The fourth-order valence-electron chi connectivity index (χ4n) is 2.01. The number of amides is 1. The van der Waals surface area contributed by atoms with Crippen molar-refractivity contribution in [2.75, 3.05) is 20.7 Å². The fraction of sp³-hybridized carbons (Fsp3) is 0.818. The summed E-state index contributed by atoms with van der Waals surface area (Å²) in [5.74, 6) is -0.338. The van der Waals surface area contributed by atoms with Crippen molar-refractivity contribution in [1.29, 1.82) is 0 Å². The van der Waals surface area contributed by atoms with E-state index in [2.05, 4.69) is 4.74 Å². The highest BCUT2D eigenvalue weighted by molar-refractivity contribution is 5.83. The summed E-state index contributed by atoms with van der Waals surface area (Å²) >= 11 is 0. The van der Waals surface area contributed by atoms with Crippen LogP contribution in [0.1, 0.15) is 25.7 Å². The first kappa shape index (κ1) is 13.0. The van der Waals surface area contributed by atoms with Gasteiger partial charge in [-0.2, -0.15) is 0 Å². The average molecular weight is 228 g/mol. The molecule has 1 amide bonds. The Kier molecular flexibility index (Phi) is 4.73. The molecule has 0 bridgehead atoms. The Morgan fingerprint density at radius 1 is 1.31 bits per heavy atom. The molecule has 92 valence electrons. The maximum absolute atomic E-state index is 11.9. The van der Waals surface area contributed by atoms with Gasteiger partial charge in [0.05, 0.1) is 7.11 Å². The van der Waals surface area contributed by atoms with Crippen molar-refractivity contribution in [3.63, 3.8) is 0 Å². The molecule has 0 heterocycles. The summed E-state index contributed by atoms with van der Waals surface area (Å²) in [6, 6.07) is 0.231. The van der Waals surface area contributed by atoms with E-state index in [1.165, 1.54) is 12.0 Å². The lowest BCUT2D eigenvalue weighted by Gasteiger charge is -2.28. The average Bonchev–Trinajstić information content (AvgIpc) is 2.28. The van der Waals surface area contributed by atoms with Crippen molar-refractivity contribution in [3.05, 3.63) is 0 Å². The Morgan fingerprint density at radius 3 is 2.38 bits per heavy atom. The van der Waals surface area contributed by atoms with E-state index in [0.717, 1.165) is 25.7 Å². The molecule has 0 spiro atoms. The van der Waals surface area contributed by atoms with Crippen LogP contribution in [0, 0.1) is 5.92 Å². The zero-order valence-electron chi connectivity index (χ0n) is 9.94. The number of carbonyl (C=O) groups excluding carboxylic acids is 2. The third-order valence-electron chi connectivity index (χ3n) is 3.09. The van der Waals surface area contributed by atoms with Gasteiger partial charge in [-0.15, -0.1) is 0 Å². The number of rotatable bonds is 3. The molecular weight excluding hydrogens is 208 g/mol. The molecule has 16 heavy (non-hydrogen) atoms. The van der Waals surface area contributed by atoms with Crippen LogP contribution < -0.4 is 5.73 Å². The van der Waals surface area contributed by atoms with Crippen LogP contribution in [0.5, 0.6) is 0 Å². The van der Waals surface area contributed by atoms with Crippen molar-refractivity contribution >= 4 is 11.9 Å². The predicted molar refractivity (Wildman–Crippen MR) is 59.6 cm³/mol. The van der Waals surface area contributed by atoms with Gasteiger partial charge in [0.15, 0.2) is 0 Å². The summed E-state index contributed by atoms with van der Waals surface area (Å²) in [7, 11) is 2.95. The molecule has 0 aromatic rings. The van der Waals surface area contributed by atoms with Gasteiger partial charge >= 0.3 is 5.97 Å². The lowest BCUT2D eigenvalue weighted by atomic mass is 9.85. The number of hydrogen-bond donors (Lipinski definition) is 1. The van der Waals surface area contributed by atoms with Crippen LogP contribution in [-0.4, -0.2) is 43.5 Å². The van der Waals surface area contributed by atoms with Gasteiger partial charge in [0.25, 0.3) is 0 Å². The Balaban J connectivity index is 2.41. The maximum atomic E-state index is 11.9.